The molecule has 0 atom stereocenters. The Kier molecular flexibility index (Phi) is 7.40. The van der Waals surface area contributed by atoms with Crippen LogP contribution in [-0.4, -0.2) is 18.3 Å². The molecule has 0 bridgehead atoms. The van der Waals surface area contributed by atoms with Crippen LogP contribution in [0.4, 0.5) is 14.5 Å². The van der Waals surface area contributed by atoms with Crippen LogP contribution in [-0.2, 0) is 0 Å². The molecule has 3 N–H and O–H groups in total. The summed E-state index contributed by atoms with van der Waals surface area (Å²) in [4.78, 5) is 0. The first kappa shape index (κ1) is 18.9. The molecule has 0 unspecified atom stereocenters. The normalized spacial score (nSPS) is 10.3. The number of halogens is 2. The molecule has 2 rings (SSSR count). The number of nitrogens with one attached hydrogen (secondary N) is 1. The van der Waals surface area contributed by atoms with Gasteiger partial charge in [-0.25, -0.2) is 8.78 Å². The van der Waals surface area contributed by atoms with Gasteiger partial charge < -0.3 is 20.5 Å². The number of benzene rings is 2. The zero-order valence-corrected chi connectivity index (χ0v) is 14.5. The number of rotatable bonds is 9. The third kappa shape index (κ3) is 6.93. The number of anilines is 1. The van der Waals surface area contributed by atoms with Gasteiger partial charge in [0, 0.05) is 17.8 Å². The molecular weight excluding hydrogens is 346 g/mol. The van der Waals surface area contributed by atoms with Crippen LogP contribution < -0.4 is 20.5 Å². The van der Waals surface area contributed by atoms with E-state index in [1.807, 2.05) is 24.3 Å². The van der Waals surface area contributed by atoms with E-state index in [0.717, 1.165) is 36.8 Å². The third-order valence-corrected chi connectivity index (χ3v) is 3.41. The van der Waals surface area contributed by atoms with Crippen molar-refractivity contribution in [2.45, 2.75) is 19.3 Å². The monoisotopic (exact) mass is 366 g/mol. The smallest absolute Gasteiger partial charge is 0.168 e. The van der Waals surface area contributed by atoms with Crippen molar-refractivity contribution in [3.05, 3.63) is 54.1 Å². The Hall–Kier alpha value is -2.41. The molecule has 134 valence electrons. The predicted octanol–water partition coefficient (Wildman–Crippen LogP) is 4.25. The lowest BCUT2D eigenvalue weighted by atomic mass is 10.2. The van der Waals surface area contributed by atoms with Crippen LogP contribution in [0.15, 0.2) is 42.5 Å². The van der Waals surface area contributed by atoms with Crippen molar-refractivity contribution in [3.63, 3.8) is 0 Å². The summed E-state index contributed by atoms with van der Waals surface area (Å²) in [5.74, 6) is -0.506. The number of unbranched alkanes of at least 4 members (excludes halogenated alkanes) is 2. The molecule has 2 aromatic carbocycles. The Morgan fingerprint density at radius 3 is 2.48 bits per heavy atom. The zero-order valence-electron chi connectivity index (χ0n) is 13.6. The number of hydrogen-bond acceptors (Lipinski definition) is 3. The van der Waals surface area contributed by atoms with Crippen molar-refractivity contribution < 1.29 is 18.3 Å². The summed E-state index contributed by atoms with van der Waals surface area (Å²) in [7, 11) is 0. The predicted molar refractivity (Wildman–Crippen MR) is 98.0 cm³/mol. The van der Waals surface area contributed by atoms with E-state index < -0.39 is 11.6 Å². The van der Waals surface area contributed by atoms with Crippen LogP contribution in [0.25, 0.3) is 0 Å². The summed E-state index contributed by atoms with van der Waals surface area (Å²) in [6, 6.07) is 10.6. The molecule has 4 nitrogen and oxygen atoms in total. The van der Waals surface area contributed by atoms with Gasteiger partial charge in [0.25, 0.3) is 0 Å². The molecule has 0 aliphatic rings. The average molecular weight is 366 g/mol. The summed E-state index contributed by atoms with van der Waals surface area (Å²) in [5, 5.41) is 3.05. The molecule has 7 heteroatoms. The Morgan fingerprint density at radius 2 is 1.76 bits per heavy atom. The van der Waals surface area contributed by atoms with Gasteiger partial charge in [-0.15, -0.1) is 0 Å². The Balaban J connectivity index is 1.61. The molecule has 0 fully saturated rings. The van der Waals surface area contributed by atoms with Crippen LogP contribution in [0.3, 0.4) is 0 Å². The highest BCUT2D eigenvalue weighted by Gasteiger charge is 2.04. The first-order chi connectivity index (χ1) is 12.0. The summed E-state index contributed by atoms with van der Waals surface area (Å²) in [6.07, 6.45) is 2.46. The van der Waals surface area contributed by atoms with Crippen LogP contribution in [0, 0.1) is 11.6 Å². The Morgan fingerprint density at radius 1 is 1.00 bits per heavy atom. The maximum atomic E-state index is 13.4. The van der Waals surface area contributed by atoms with Crippen LogP contribution in [0.2, 0.25) is 0 Å². The third-order valence-electron chi connectivity index (χ3n) is 3.31. The first-order valence-corrected chi connectivity index (χ1v) is 8.32. The SMILES string of the molecule is NC(=S)Nc1cccc(OCCCCCOc2ccc(F)cc2F)c1. The molecule has 0 amide bonds. The fourth-order valence-corrected chi connectivity index (χ4v) is 2.27. The quantitative estimate of drug-likeness (QED) is 0.513. The molecular formula is C18H20F2N2O2S. The second-order valence-corrected chi connectivity index (χ2v) is 5.79. The van der Waals surface area contributed by atoms with Gasteiger partial charge in [0.1, 0.15) is 11.6 Å². The highest BCUT2D eigenvalue weighted by molar-refractivity contribution is 7.80. The van der Waals surface area contributed by atoms with E-state index in [0.29, 0.717) is 13.2 Å². The van der Waals surface area contributed by atoms with Gasteiger partial charge in [0.15, 0.2) is 16.7 Å². The highest BCUT2D eigenvalue weighted by Crippen LogP contribution is 2.19. The van der Waals surface area contributed by atoms with Crippen molar-refractivity contribution in [1.82, 2.24) is 0 Å². The van der Waals surface area contributed by atoms with E-state index in [-0.39, 0.29) is 10.9 Å². The largest absolute Gasteiger partial charge is 0.494 e. The Labute approximate surface area is 150 Å². The summed E-state index contributed by atoms with van der Waals surface area (Å²) < 4.78 is 37.1. The van der Waals surface area contributed by atoms with Gasteiger partial charge in [0.05, 0.1) is 13.2 Å². The minimum Gasteiger partial charge on any atom is -0.494 e. The fraction of sp³-hybridized carbons (Fsp3) is 0.278. The van der Waals surface area contributed by atoms with Crippen LogP contribution in [0.5, 0.6) is 11.5 Å². The van der Waals surface area contributed by atoms with E-state index >= 15 is 0 Å². The van der Waals surface area contributed by atoms with Crippen molar-refractivity contribution in [2.75, 3.05) is 18.5 Å². The molecule has 0 aliphatic heterocycles. The Bertz CT molecular complexity index is 713. The summed E-state index contributed by atoms with van der Waals surface area (Å²) in [6.45, 7) is 0.928. The number of ether oxygens (including phenoxy) is 2. The topological polar surface area (TPSA) is 56.5 Å². The molecule has 0 radical (unpaired) electrons. The van der Waals surface area contributed by atoms with Crippen LogP contribution in [0.1, 0.15) is 19.3 Å². The number of thiocarbonyl (C=S) groups is 1. The van der Waals surface area contributed by atoms with E-state index in [2.05, 4.69) is 5.32 Å². The van der Waals surface area contributed by atoms with Gasteiger partial charge in [-0.3, -0.25) is 0 Å². The average Bonchev–Trinajstić information content (AvgIpc) is 2.55. The summed E-state index contributed by atoms with van der Waals surface area (Å²) >= 11 is 4.79. The van der Waals surface area contributed by atoms with E-state index in [1.165, 1.54) is 12.1 Å². The van der Waals surface area contributed by atoms with Gasteiger partial charge in [0.2, 0.25) is 0 Å². The van der Waals surface area contributed by atoms with Gasteiger partial charge in [-0.05, 0) is 55.7 Å². The molecule has 0 aliphatic carbocycles. The standard InChI is InChI=1S/C18H20F2N2O2S/c19-13-7-8-17(16(20)11-13)24-10-3-1-2-9-23-15-6-4-5-14(12-15)22-18(21)25/h4-8,11-12H,1-3,9-10H2,(H3,21,22,25). The first-order valence-electron chi connectivity index (χ1n) is 7.92. The van der Waals surface area contributed by atoms with Crippen molar-refractivity contribution in [3.8, 4) is 11.5 Å². The van der Waals surface area contributed by atoms with Crippen molar-refractivity contribution in [2.24, 2.45) is 5.73 Å². The minimum atomic E-state index is -0.686. The molecule has 2 aromatic rings. The maximum absolute atomic E-state index is 13.4. The van der Waals surface area contributed by atoms with Gasteiger partial charge in [-0.2, -0.15) is 0 Å². The molecule has 0 saturated heterocycles. The van der Waals surface area contributed by atoms with Crippen LogP contribution >= 0.6 is 12.2 Å². The van der Waals surface area contributed by atoms with Gasteiger partial charge in [-0.1, -0.05) is 6.07 Å². The lowest BCUT2D eigenvalue weighted by molar-refractivity contribution is 0.272. The molecule has 0 saturated carbocycles. The zero-order chi connectivity index (χ0) is 18.1. The van der Waals surface area contributed by atoms with E-state index in [4.69, 9.17) is 27.4 Å². The van der Waals surface area contributed by atoms with Crippen molar-refractivity contribution >= 4 is 23.0 Å². The molecule has 0 spiro atoms. The van der Waals surface area contributed by atoms with E-state index in [1.54, 1.807) is 0 Å². The van der Waals surface area contributed by atoms with Gasteiger partial charge >= 0.3 is 0 Å². The highest BCUT2D eigenvalue weighted by atomic mass is 32.1. The second kappa shape index (κ2) is 9.78. The molecule has 0 aromatic heterocycles. The minimum absolute atomic E-state index is 0.0692. The number of nitrogens with two attached hydrogens (primary N) is 1. The maximum Gasteiger partial charge on any atom is 0.168 e. The van der Waals surface area contributed by atoms with E-state index in [9.17, 15) is 8.78 Å². The summed E-state index contributed by atoms with van der Waals surface area (Å²) in [5.41, 5.74) is 6.20. The fourth-order valence-electron chi connectivity index (χ4n) is 2.15. The second-order valence-electron chi connectivity index (χ2n) is 5.35. The lowest BCUT2D eigenvalue weighted by Crippen LogP contribution is -2.18. The van der Waals surface area contributed by atoms with Crippen molar-refractivity contribution in [1.29, 1.82) is 0 Å². The molecule has 25 heavy (non-hydrogen) atoms. The lowest BCUT2D eigenvalue weighted by Gasteiger charge is -2.09. The molecule has 0 heterocycles. The number of hydrogen-bond donors (Lipinski definition) is 2.